The van der Waals surface area contributed by atoms with Crippen LogP contribution in [0.25, 0.3) is 0 Å². The zero-order valence-corrected chi connectivity index (χ0v) is 16.2. The smallest absolute Gasteiger partial charge is 0.198 e. The van der Waals surface area contributed by atoms with E-state index in [4.69, 9.17) is 4.74 Å². The van der Waals surface area contributed by atoms with Gasteiger partial charge in [0.05, 0.1) is 12.0 Å². The number of thioether (sulfide) groups is 1. The number of carbonyl (C=O) groups is 1. The van der Waals surface area contributed by atoms with Gasteiger partial charge < -0.3 is 4.74 Å². The first-order chi connectivity index (χ1) is 13.0. The molecule has 0 radical (unpaired) electrons. The minimum Gasteiger partial charge on any atom is -0.497 e. The summed E-state index contributed by atoms with van der Waals surface area (Å²) in [6.07, 6.45) is 0. The zero-order chi connectivity index (χ0) is 19.3. The lowest BCUT2D eigenvalue weighted by Crippen LogP contribution is -2.27. The molecule has 0 fully saturated rings. The van der Waals surface area contributed by atoms with Crippen LogP contribution in [-0.2, 0) is 9.84 Å². The first kappa shape index (κ1) is 19.2. The van der Waals surface area contributed by atoms with Crippen LogP contribution in [0, 0.1) is 0 Å². The van der Waals surface area contributed by atoms with E-state index in [0.717, 1.165) is 11.8 Å². The van der Waals surface area contributed by atoms with Crippen LogP contribution in [0.3, 0.4) is 0 Å². The average Bonchev–Trinajstić information content (AvgIpc) is 2.73. The summed E-state index contributed by atoms with van der Waals surface area (Å²) in [5.41, 5.74) is 0.364. The molecule has 0 aromatic heterocycles. The maximum absolute atomic E-state index is 13.2. The van der Waals surface area contributed by atoms with Gasteiger partial charge >= 0.3 is 0 Å². The molecule has 27 heavy (non-hydrogen) atoms. The van der Waals surface area contributed by atoms with Crippen LogP contribution >= 0.6 is 11.8 Å². The lowest BCUT2D eigenvalue weighted by molar-refractivity contribution is 0.101. The molecule has 6 heteroatoms. The Bertz CT molecular complexity index is 999. The van der Waals surface area contributed by atoms with E-state index in [0.29, 0.717) is 16.2 Å². The second-order valence-corrected chi connectivity index (χ2v) is 9.22. The Labute approximate surface area is 163 Å². The lowest BCUT2D eigenvalue weighted by atomic mass is 10.1. The molecular formula is C21H18O4S2. The topological polar surface area (TPSA) is 60.4 Å². The Balaban J connectivity index is 2.01. The molecule has 4 nitrogen and oxygen atoms in total. The summed E-state index contributed by atoms with van der Waals surface area (Å²) >= 11 is 1.02. The Hall–Kier alpha value is -2.57. The van der Waals surface area contributed by atoms with Gasteiger partial charge in [-0.2, -0.15) is 0 Å². The van der Waals surface area contributed by atoms with E-state index in [9.17, 15) is 13.2 Å². The van der Waals surface area contributed by atoms with Gasteiger partial charge in [0.2, 0.25) is 0 Å². The van der Waals surface area contributed by atoms with E-state index in [-0.39, 0.29) is 4.90 Å². The molecule has 0 N–H and O–H groups in total. The Morgan fingerprint density at radius 1 is 0.852 bits per heavy atom. The van der Waals surface area contributed by atoms with Crippen molar-refractivity contribution in [3.05, 3.63) is 90.5 Å². The van der Waals surface area contributed by atoms with Gasteiger partial charge in [-0.1, -0.05) is 60.3 Å². The number of sulfone groups is 1. The summed E-state index contributed by atoms with van der Waals surface area (Å²) in [7, 11) is -2.32. The van der Waals surface area contributed by atoms with Gasteiger partial charge in [0.1, 0.15) is 5.75 Å². The van der Waals surface area contributed by atoms with Crippen LogP contribution in [0.4, 0.5) is 0 Å². The molecule has 0 saturated carbocycles. The van der Waals surface area contributed by atoms with Crippen LogP contribution in [0.1, 0.15) is 10.4 Å². The van der Waals surface area contributed by atoms with Crippen molar-refractivity contribution >= 4 is 27.4 Å². The van der Waals surface area contributed by atoms with Crippen molar-refractivity contribution in [3.8, 4) is 5.75 Å². The molecule has 0 aliphatic carbocycles. The highest BCUT2D eigenvalue weighted by atomic mass is 32.3. The fourth-order valence-corrected chi connectivity index (χ4v) is 5.67. The normalized spacial score (nSPS) is 12.3. The highest BCUT2D eigenvalue weighted by molar-refractivity contribution is 8.14. The second kappa shape index (κ2) is 8.41. The quantitative estimate of drug-likeness (QED) is 0.434. The van der Waals surface area contributed by atoms with Crippen LogP contribution in [-0.4, -0.2) is 25.9 Å². The largest absolute Gasteiger partial charge is 0.497 e. The van der Waals surface area contributed by atoms with Crippen LogP contribution < -0.4 is 4.74 Å². The van der Waals surface area contributed by atoms with Gasteiger partial charge in [-0.05, 0) is 36.4 Å². The van der Waals surface area contributed by atoms with Crippen molar-refractivity contribution in [3.63, 3.8) is 0 Å². The third kappa shape index (κ3) is 4.40. The van der Waals surface area contributed by atoms with E-state index in [1.165, 1.54) is 12.1 Å². The Morgan fingerprint density at radius 2 is 1.41 bits per heavy atom. The number of ketones is 1. The number of rotatable bonds is 7. The molecule has 0 saturated heterocycles. The minimum atomic E-state index is -3.88. The average molecular weight is 399 g/mol. The molecule has 3 rings (SSSR count). The third-order valence-corrected chi connectivity index (χ3v) is 7.66. The molecule has 0 bridgehead atoms. The number of benzene rings is 3. The molecule has 0 aliphatic rings. The molecular weight excluding hydrogens is 380 g/mol. The predicted octanol–water partition coefficient (Wildman–Crippen LogP) is 4.47. The van der Waals surface area contributed by atoms with Crippen LogP contribution in [0.2, 0.25) is 0 Å². The van der Waals surface area contributed by atoms with E-state index in [1.807, 2.05) is 0 Å². The number of carbonyl (C=O) groups excluding carboxylic acids is 1. The zero-order valence-electron chi connectivity index (χ0n) is 14.6. The lowest BCUT2D eigenvalue weighted by Gasteiger charge is -2.17. The Morgan fingerprint density at radius 3 is 1.96 bits per heavy atom. The maximum atomic E-state index is 13.2. The van der Waals surface area contributed by atoms with Crippen molar-refractivity contribution in [1.29, 1.82) is 0 Å². The predicted molar refractivity (Wildman–Crippen MR) is 107 cm³/mol. The first-order valence-corrected chi connectivity index (χ1v) is 10.6. The van der Waals surface area contributed by atoms with Crippen LogP contribution in [0.5, 0.6) is 5.75 Å². The number of hydrogen-bond donors (Lipinski definition) is 0. The van der Waals surface area contributed by atoms with Gasteiger partial charge in [0.15, 0.2) is 20.2 Å². The van der Waals surface area contributed by atoms with Gasteiger partial charge in [-0.3, -0.25) is 4.79 Å². The molecule has 1 unspecified atom stereocenters. The highest BCUT2D eigenvalue weighted by Gasteiger charge is 2.35. The fraction of sp³-hybridized carbons (Fsp3) is 0.0952. The molecule has 3 aromatic rings. The van der Waals surface area contributed by atoms with E-state index < -0.39 is 20.2 Å². The highest BCUT2D eigenvalue weighted by Crippen LogP contribution is 2.34. The van der Waals surface area contributed by atoms with Gasteiger partial charge in [-0.25, -0.2) is 8.42 Å². The fourth-order valence-electron chi connectivity index (χ4n) is 2.51. The Kier molecular flexibility index (Phi) is 5.98. The van der Waals surface area contributed by atoms with Crippen molar-refractivity contribution in [1.82, 2.24) is 0 Å². The summed E-state index contributed by atoms with van der Waals surface area (Å²) in [5.74, 6) is 0.219. The molecule has 138 valence electrons. The SMILES string of the molecule is COc1ccc(SC(C(=O)c2ccccc2)S(=O)(=O)c2ccccc2)cc1. The number of methoxy groups -OCH3 is 1. The van der Waals surface area contributed by atoms with Gasteiger partial charge in [-0.15, -0.1) is 0 Å². The monoisotopic (exact) mass is 398 g/mol. The van der Waals surface area contributed by atoms with E-state index in [2.05, 4.69) is 0 Å². The molecule has 1 atom stereocenters. The first-order valence-electron chi connectivity index (χ1n) is 8.21. The summed E-state index contributed by atoms with van der Waals surface area (Å²) in [6, 6.07) is 23.5. The standard InChI is InChI=1S/C21H18O4S2/c1-25-17-12-14-18(15-13-17)26-21(20(22)16-8-4-2-5-9-16)27(23,24)19-10-6-3-7-11-19/h2-15,21H,1H3. The minimum absolute atomic E-state index is 0.125. The number of hydrogen-bond acceptors (Lipinski definition) is 5. The van der Waals surface area contributed by atoms with Crippen LogP contribution in [0.15, 0.2) is 94.7 Å². The summed E-state index contributed by atoms with van der Waals surface area (Å²) in [5, 5.41) is 0. The summed E-state index contributed by atoms with van der Waals surface area (Å²) in [6.45, 7) is 0. The second-order valence-electron chi connectivity index (χ2n) is 5.71. The van der Waals surface area contributed by atoms with Crippen molar-refractivity contribution in [2.75, 3.05) is 7.11 Å². The molecule has 0 amide bonds. The molecule has 3 aromatic carbocycles. The summed E-state index contributed by atoms with van der Waals surface area (Å²) in [4.78, 5) is 13.9. The molecule has 0 heterocycles. The summed E-state index contributed by atoms with van der Waals surface area (Å²) < 4.78 is 30.3. The molecule has 0 spiro atoms. The molecule has 0 aliphatic heterocycles. The van der Waals surface area contributed by atoms with Crippen molar-refractivity contribution in [2.24, 2.45) is 0 Å². The van der Waals surface area contributed by atoms with E-state index >= 15 is 0 Å². The number of Topliss-reactive ketones (excluding diaryl/α,β-unsaturated/α-hetero) is 1. The van der Waals surface area contributed by atoms with Crippen molar-refractivity contribution < 1.29 is 17.9 Å². The van der Waals surface area contributed by atoms with Gasteiger partial charge in [0.25, 0.3) is 0 Å². The van der Waals surface area contributed by atoms with Gasteiger partial charge in [0, 0.05) is 10.5 Å². The van der Waals surface area contributed by atoms with E-state index in [1.54, 1.807) is 79.9 Å². The third-order valence-electron chi connectivity index (χ3n) is 3.93. The number of ether oxygens (including phenoxy) is 1. The maximum Gasteiger partial charge on any atom is 0.198 e. The van der Waals surface area contributed by atoms with Crippen molar-refractivity contribution in [2.45, 2.75) is 14.4 Å².